The lowest BCUT2D eigenvalue weighted by Gasteiger charge is -2.32. The van der Waals surface area contributed by atoms with Gasteiger partial charge < -0.3 is 15.5 Å². The summed E-state index contributed by atoms with van der Waals surface area (Å²) < 4.78 is 0. The number of amides is 4. The minimum Gasteiger partial charge on any atom is -0.344 e. The molecule has 8 heteroatoms. The monoisotopic (exact) mass is 320 g/mol. The van der Waals surface area contributed by atoms with Crippen molar-refractivity contribution in [2.24, 2.45) is 11.1 Å². The molecule has 1 fully saturated rings. The van der Waals surface area contributed by atoms with Crippen LogP contribution in [0.4, 0.5) is 4.79 Å². The van der Waals surface area contributed by atoms with Crippen LogP contribution in [0.2, 0.25) is 0 Å². The van der Waals surface area contributed by atoms with Gasteiger partial charge in [0.05, 0.1) is 0 Å². The Kier molecular flexibility index (Phi) is 6.19. The number of imide groups is 1. The van der Waals surface area contributed by atoms with Gasteiger partial charge in [0.15, 0.2) is 0 Å². The number of carbonyl (C=O) groups is 3. The summed E-state index contributed by atoms with van der Waals surface area (Å²) in [5, 5.41) is 2.22. The van der Waals surface area contributed by atoms with Crippen molar-refractivity contribution in [2.75, 3.05) is 26.7 Å². The quantitative estimate of drug-likeness (QED) is 0.706. The highest BCUT2D eigenvalue weighted by Crippen LogP contribution is 2.21. The largest absolute Gasteiger partial charge is 0.344 e. The van der Waals surface area contributed by atoms with E-state index < -0.39 is 11.6 Å². The molecule has 0 bridgehead atoms. The van der Waals surface area contributed by atoms with E-state index in [1.165, 1.54) is 4.90 Å². The Morgan fingerprint density at radius 1 is 1.38 bits per heavy atom. The molecule has 7 nitrogen and oxygen atoms in total. The standard InChI is InChI=1S/C13H24N4O3.ClH/c1-12(2,7-14)8-16(5)9(18)6-17-11(20)15-10(19)13(17,3)4;/h6-8,14H2,1-5H3,(H,15,19,20);1H. The summed E-state index contributed by atoms with van der Waals surface area (Å²) in [6.45, 7) is 7.99. The molecule has 0 aromatic rings. The van der Waals surface area contributed by atoms with Crippen LogP contribution >= 0.6 is 12.4 Å². The number of rotatable bonds is 5. The van der Waals surface area contributed by atoms with Crippen molar-refractivity contribution in [1.29, 1.82) is 0 Å². The third-order valence-electron chi connectivity index (χ3n) is 3.63. The summed E-state index contributed by atoms with van der Waals surface area (Å²) in [5.41, 5.74) is 4.45. The Labute approximate surface area is 131 Å². The number of hydrogen-bond acceptors (Lipinski definition) is 4. The van der Waals surface area contributed by atoms with Crippen LogP contribution in [0.1, 0.15) is 27.7 Å². The molecule has 0 saturated carbocycles. The first-order chi connectivity index (χ1) is 9.01. The second-order valence-corrected chi connectivity index (χ2v) is 6.52. The number of nitrogens with zero attached hydrogens (tertiary/aromatic N) is 2. The van der Waals surface area contributed by atoms with E-state index in [4.69, 9.17) is 5.73 Å². The zero-order valence-corrected chi connectivity index (χ0v) is 14.0. The van der Waals surface area contributed by atoms with E-state index >= 15 is 0 Å². The first kappa shape index (κ1) is 19.7. The molecule has 0 radical (unpaired) electrons. The maximum atomic E-state index is 12.2. The fourth-order valence-corrected chi connectivity index (χ4v) is 2.01. The van der Waals surface area contributed by atoms with E-state index in [9.17, 15) is 14.4 Å². The summed E-state index contributed by atoms with van der Waals surface area (Å²) in [4.78, 5) is 38.3. The average molecular weight is 321 g/mol. The van der Waals surface area contributed by atoms with E-state index in [1.807, 2.05) is 13.8 Å². The summed E-state index contributed by atoms with van der Waals surface area (Å²) in [7, 11) is 1.67. The average Bonchev–Trinajstić information content (AvgIpc) is 2.51. The van der Waals surface area contributed by atoms with Crippen LogP contribution in [0.15, 0.2) is 0 Å². The maximum absolute atomic E-state index is 12.2. The lowest BCUT2D eigenvalue weighted by molar-refractivity contribution is -0.133. The summed E-state index contributed by atoms with van der Waals surface area (Å²) in [5.74, 6) is -0.607. The molecule has 1 aliphatic heterocycles. The van der Waals surface area contributed by atoms with Crippen molar-refractivity contribution in [3.05, 3.63) is 0 Å². The number of carbonyl (C=O) groups excluding carboxylic acids is 3. The Balaban J connectivity index is 0.00000400. The minimum absolute atomic E-state index is 0. The maximum Gasteiger partial charge on any atom is 0.325 e. The van der Waals surface area contributed by atoms with Crippen LogP contribution in [-0.4, -0.2) is 59.9 Å². The first-order valence-corrected chi connectivity index (χ1v) is 6.58. The number of urea groups is 1. The number of hydrogen-bond donors (Lipinski definition) is 2. The molecule has 1 rings (SSSR count). The van der Waals surface area contributed by atoms with Crippen molar-refractivity contribution >= 4 is 30.3 Å². The van der Waals surface area contributed by atoms with Gasteiger partial charge in [0.1, 0.15) is 12.1 Å². The Bertz CT molecular complexity index is 437. The molecule has 1 aliphatic rings. The third kappa shape index (κ3) is 4.31. The van der Waals surface area contributed by atoms with E-state index in [1.54, 1.807) is 25.8 Å². The predicted molar refractivity (Wildman–Crippen MR) is 82.0 cm³/mol. The number of likely N-dealkylation sites (N-methyl/N-ethyl adjacent to an activating group) is 1. The lowest BCUT2D eigenvalue weighted by atomic mass is 9.93. The van der Waals surface area contributed by atoms with Crippen LogP contribution in [0.3, 0.4) is 0 Å². The van der Waals surface area contributed by atoms with Crippen molar-refractivity contribution in [1.82, 2.24) is 15.1 Å². The van der Waals surface area contributed by atoms with Gasteiger partial charge in [-0.1, -0.05) is 13.8 Å². The number of nitrogens with two attached hydrogens (primary N) is 1. The normalized spacial score (nSPS) is 17.3. The fourth-order valence-electron chi connectivity index (χ4n) is 2.01. The second kappa shape index (κ2) is 6.62. The van der Waals surface area contributed by atoms with Crippen LogP contribution in [-0.2, 0) is 9.59 Å². The Hall–Kier alpha value is -1.34. The van der Waals surface area contributed by atoms with Crippen molar-refractivity contribution in [3.8, 4) is 0 Å². The molecule has 1 heterocycles. The second-order valence-electron chi connectivity index (χ2n) is 6.52. The summed E-state index contributed by atoms with van der Waals surface area (Å²) in [6.07, 6.45) is 0. The summed E-state index contributed by atoms with van der Waals surface area (Å²) in [6, 6.07) is -0.528. The zero-order chi connectivity index (χ0) is 15.7. The first-order valence-electron chi connectivity index (χ1n) is 6.58. The molecule has 0 spiro atoms. The van der Waals surface area contributed by atoms with Gasteiger partial charge in [-0.15, -0.1) is 12.4 Å². The highest BCUT2D eigenvalue weighted by molar-refractivity contribution is 6.07. The predicted octanol–water partition coefficient (Wildman–Crippen LogP) is 0.182. The SMILES string of the molecule is CN(CC(C)(C)CN)C(=O)CN1C(=O)NC(=O)C1(C)C.Cl. The van der Waals surface area contributed by atoms with E-state index in [2.05, 4.69) is 5.32 Å². The van der Waals surface area contributed by atoms with Crippen LogP contribution in [0.25, 0.3) is 0 Å². The molecule has 0 aromatic carbocycles. The zero-order valence-electron chi connectivity index (χ0n) is 13.2. The van der Waals surface area contributed by atoms with Crippen molar-refractivity contribution in [3.63, 3.8) is 0 Å². The smallest absolute Gasteiger partial charge is 0.325 e. The number of nitrogens with one attached hydrogen (secondary N) is 1. The molecule has 0 unspecified atom stereocenters. The van der Waals surface area contributed by atoms with Gasteiger partial charge >= 0.3 is 6.03 Å². The highest BCUT2D eigenvalue weighted by Gasteiger charge is 2.46. The Morgan fingerprint density at radius 2 is 1.90 bits per heavy atom. The van der Waals surface area contributed by atoms with Gasteiger partial charge in [-0.25, -0.2) is 4.79 Å². The van der Waals surface area contributed by atoms with E-state index in [0.717, 1.165) is 0 Å². The molecule has 1 saturated heterocycles. The molecule has 3 N–H and O–H groups in total. The van der Waals surface area contributed by atoms with Gasteiger partial charge in [0.2, 0.25) is 5.91 Å². The van der Waals surface area contributed by atoms with Gasteiger partial charge in [-0.05, 0) is 25.8 Å². The molecular weight excluding hydrogens is 296 g/mol. The van der Waals surface area contributed by atoms with Gasteiger partial charge in [0.25, 0.3) is 5.91 Å². The minimum atomic E-state index is -1.00. The molecule has 21 heavy (non-hydrogen) atoms. The molecule has 0 aromatic heterocycles. The highest BCUT2D eigenvalue weighted by atomic mass is 35.5. The van der Waals surface area contributed by atoms with E-state index in [-0.39, 0.29) is 36.2 Å². The topological polar surface area (TPSA) is 95.7 Å². The number of halogens is 1. The van der Waals surface area contributed by atoms with Crippen LogP contribution in [0, 0.1) is 5.41 Å². The summed E-state index contributed by atoms with van der Waals surface area (Å²) >= 11 is 0. The van der Waals surface area contributed by atoms with Crippen LogP contribution < -0.4 is 11.1 Å². The molecule has 0 aliphatic carbocycles. The molecule has 122 valence electrons. The fraction of sp³-hybridized carbons (Fsp3) is 0.769. The van der Waals surface area contributed by atoms with E-state index in [0.29, 0.717) is 13.1 Å². The van der Waals surface area contributed by atoms with Crippen molar-refractivity contribution < 1.29 is 14.4 Å². The molecule has 0 atom stereocenters. The van der Waals surface area contributed by atoms with Gasteiger partial charge in [0, 0.05) is 13.6 Å². The Morgan fingerprint density at radius 3 is 2.29 bits per heavy atom. The lowest BCUT2D eigenvalue weighted by Crippen LogP contribution is -2.50. The van der Waals surface area contributed by atoms with Gasteiger partial charge in [-0.3, -0.25) is 14.9 Å². The third-order valence-corrected chi connectivity index (χ3v) is 3.63. The molecular formula is C13H25ClN4O3. The van der Waals surface area contributed by atoms with Crippen LogP contribution in [0.5, 0.6) is 0 Å². The van der Waals surface area contributed by atoms with Crippen molar-refractivity contribution in [2.45, 2.75) is 33.2 Å². The molecule has 4 amide bonds. The van der Waals surface area contributed by atoms with Gasteiger partial charge in [-0.2, -0.15) is 0 Å².